The van der Waals surface area contributed by atoms with Crippen LogP contribution in [0.2, 0.25) is 0 Å². The molecule has 7 nitrogen and oxygen atoms in total. The van der Waals surface area contributed by atoms with Gasteiger partial charge in [0.1, 0.15) is 0 Å². The van der Waals surface area contributed by atoms with Gasteiger partial charge in [0, 0.05) is 25.1 Å². The lowest BCUT2D eigenvalue weighted by molar-refractivity contribution is -0.134. The number of carbonyl (C=O) groups excluding carboxylic acids is 2. The maximum Gasteiger partial charge on any atom is 0.300 e. The molecule has 0 fully saturated rings. The summed E-state index contributed by atoms with van der Waals surface area (Å²) >= 11 is 0. The number of hydrogen-bond acceptors (Lipinski definition) is 4. The predicted octanol–water partition coefficient (Wildman–Crippen LogP) is 3.66. The lowest BCUT2D eigenvalue weighted by Crippen LogP contribution is -2.42. The second-order valence-electron chi connectivity index (χ2n) is 7.74. The zero-order chi connectivity index (χ0) is 24.3. The fourth-order valence-corrected chi connectivity index (χ4v) is 3.41. The standard InChI is InChI=1S/C23H30N2O3.C2H4O2/c1-5-10-19(22(27)24-17(4)20(26)6-2)21-16(3)13-14-25(23(21)28)15-18-11-8-7-9-12-18;1-2(3)4/h7-9,11-14,17,19H,5-6,10,15H2,1-4H3,(H,24,27);1H3,(H,3,4). The Labute approximate surface area is 189 Å². The molecule has 0 aliphatic rings. The van der Waals surface area contributed by atoms with Crippen LogP contribution in [-0.2, 0) is 20.9 Å². The number of carbonyl (C=O) groups is 3. The molecular formula is C25H34N2O5. The molecule has 2 unspecified atom stereocenters. The fraction of sp³-hybridized carbons (Fsp3) is 0.440. The van der Waals surface area contributed by atoms with Crippen LogP contribution >= 0.6 is 0 Å². The highest BCUT2D eigenvalue weighted by Crippen LogP contribution is 2.22. The van der Waals surface area contributed by atoms with Gasteiger partial charge in [-0.1, -0.05) is 50.6 Å². The molecule has 32 heavy (non-hydrogen) atoms. The Bertz CT molecular complexity index is 962. The van der Waals surface area contributed by atoms with Gasteiger partial charge in [-0.05, 0) is 37.5 Å². The summed E-state index contributed by atoms with van der Waals surface area (Å²) in [5.41, 5.74) is 2.20. The SMILES string of the molecule is CC(=O)O.CCCC(C(=O)NC(C)C(=O)CC)c1c(C)ccn(Cc2ccccc2)c1=O. The van der Waals surface area contributed by atoms with Crippen LogP contribution in [0.5, 0.6) is 0 Å². The maximum atomic E-state index is 13.2. The van der Waals surface area contributed by atoms with E-state index in [9.17, 15) is 14.4 Å². The number of carboxylic acids is 1. The van der Waals surface area contributed by atoms with Crippen molar-refractivity contribution in [1.29, 1.82) is 0 Å². The second-order valence-corrected chi connectivity index (χ2v) is 7.74. The minimum atomic E-state index is -0.833. The first-order chi connectivity index (χ1) is 15.1. The van der Waals surface area contributed by atoms with Gasteiger partial charge < -0.3 is 15.0 Å². The Morgan fingerprint density at radius 2 is 1.69 bits per heavy atom. The third-order valence-corrected chi connectivity index (χ3v) is 5.05. The first-order valence-electron chi connectivity index (χ1n) is 10.9. The van der Waals surface area contributed by atoms with Gasteiger partial charge >= 0.3 is 0 Å². The molecule has 0 radical (unpaired) electrons. The summed E-state index contributed by atoms with van der Waals surface area (Å²) in [7, 11) is 0. The van der Waals surface area contributed by atoms with Crippen molar-refractivity contribution < 1.29 is 19.5 Å². The quantitative estimate of drug-likeness (QED) is 0.616. The summed E-state index contributed by atoms with van der Waals surface area (Å²) in [4.78, 5) is 47.0. The highest BCUT2D eigenvalue weighted by atomic mass is 16.4. The molecule has 0 aliphatic heterocycles. The molecule has 0 saturated heterocycles. The maximum absolute atomic E-state index is 13.2. The van der Waals surface area contributed by atoms with Crippen LogP contribution in [0.25, 0.3) is 0 Å². The number of aliphatic carboxylic acids is 1. The van der Waals surface area contributed by atoms with E-state index >= 15 is 0 Å². The Morgan fingerprint density at radius 3 is 2.22 bits per heavy atom. The van der Waals surface area contributed by atoms with Gasteiger partial charge in [0.2, 0.25) is 5.91 Å². The average Bonchev–Trinajstić information content (AvgIpc) is 2.74. The van der Waals surface area contributed by atoms with Crippen molar-refractivity contribution in [2.24, 2.45) is 0 Å². The Hall–Kier alpha value is -3.22. The van der Waals surface area contributed by atoms with Crippen molar-refractivity contribution in [3.63, 3.8) is 0 Å². The number of pyridine rings is 1. The van der Waals surface area contributed by atoms with Crippen molar-refractivity contribution in [2.45, 2.75) is 72.4 Å². The average molecular weight is 443 g/mol. The van der Waals surface area contributed by atoms with Crippen LogP contribution in [-0.4, -0.2) is 33.4 Å². The molecule has 0 saturated carbocycles. The normalized spacial score (nSPS) is 12.2. The van der Waals surface area contributed by atoms with E-state index in [1.807, 2.05) is 50.2 Å². The molecule has 1 aromatic heterocycles. The molecule has 0 bridgehead atoms. The third kappa shape index (κ3) is 8.13. The van der Waals surface area contributed by atoms with Gasteiger partial charge in [-0.2, -0.15) is 0 Å². The molecule has 0 spiro atoms. The van der Waals surface area contributed by atoms with Crippen molar-refractivity contribution in [1.82, 2.24) is 9.88 Å². The summed E-state index contributed by atoms with van der Waals surface area (Å²) in [6.07, 6.45) is 3.47. The lowest BCUT2D eigenvalue weighted by atomic mass is 9.91. The van der Waals surface area contributed by atoms with Gasteiger partial charge in [0.15, 0.2) is 5.78 Å². The summed E-state index contributed by atoms with van der Waals surface area (Å²) in [5.74, 6) is -1.67. The van der Waals surface area contributed by atoms with E-state index in [4.69, 9.17) is 9.90 Å². The monoisotopic (exact) mass is 442 g/mol. The van der Waals surface area contributed by atoms with E-state index in [0.717, 1.165) is 24.5 Å². The van der Waals surface area contributed by atoms with Crippen LogP contribution in [0.1, 0.15) is 69.6 Å². The lowest BCUT2D eigenvalue weighted by Gasteiger charge is -2.21. The molecule has 1 amide bonds. The number of hydrogen-bond donors (Lipinski definition) is 2. The molecule has 2 N–H and O–H groups in total. The largest absolute Gasteiger partial charge is 0.481 e. The Balaban J connectivity index is 0.00000118. The highest BCUT2D eigenvalue weighted by Gasteiger charge is 2.27. The number of aryl methyl sites for hydroxylation is 1. The molecule has 0 aliphatic carbocycles. The number of carboxylic acid groups (broad SMARTS) is 1. The second kappa shape index (κ2) is 13.2. The number of Topliss-reactive ketones (excluding diaryl/α,β-unsaturated/α-hetero) is 1. The van der Waals surface area contributed by atoms with Crippen LogP contribution in [0.4, 0.5) is 0 Å². The number of benzene rings is 1. The van der Waals surface area contributed by atoms with Crippen LogP contribution in [0.15, 0.2) is 47.4 Å². The Morgan fingerprint density at radius 1 is 1.09 bits per heavy atom. The molecule has 2 rings (SSSR count). The molecule has 1 aromatic carbocycles. The molecular weight excluding hydrogens is 408 g/mol. The zero-order valence-corrected chi connectivity index (χ0v) is 19.6. The minimum absolute atomic E-state index is 0.0186. The summed E-state index contributed by atoms with van der Waals surface area (Å²) in [6.45, 7) is 8.86. The number of nitrogens with zero attached hydrogens (tertiary/aromatic N) is 1. The van der Waals surface area contributed by atoms with Gasteiger partial charge in [-0.15, -0.1) is 0 Å². The van der Waals surface area contributed by atoms with Crippen LogP contribution in [0.3, 0.4) is 0 Å². The number of amides is 1. The molecule has 1 heterocycles. The fourth-order valence-electron chi connectivity index (χ4n) is 3.41. The van der Waals surface area contributed by atoms with Crippen molar-refractivity contribution >= 4 is 17.7 Å². The minimum Gasteiger partial charge on any atom is -0.481 e. The van der Waals surface area contributed by atoms with Crippen LogP contribution in [0, 0.1) is 6.92 Å². The summed E-state index contributed by atoms with van der Waals surface area (Å²) < 4.78 is 1.65. The summed E-state index contributed by atoms with van der Waals surface area (Å²) in [5, 5.41) is 10.2. The van der Waals surface area contributed by atoms with E-state index < -0.39 is 17.9 Å². The Kier molecular flexibility index (Phi) is 11.1. The molecule has 2 atom stereocenters. The van der Waals surface area contributed by atoms with E-state index in [-0.39, 0.29) is 17.2 Å². The number of aromatic nitrogens is 1. The van der Waals surface area contributed by atoms with E-state index in [1.54, 1.807) is 24.6 Å². The smallest absolute Gasteiger partial charge is 0.300 e. The summed E-state index contributed by atoms with van der Waals surface area (Å²) in [6, 6.07) is 11.1. The van der Waals surface area contributed by atoms with Crippen LogP contribution < -0.4 is 10.9 Å². The molecule has 2 aromatic rings. The van der Waals surface area contributed by atoms with E-state index in [2.05, 4.69) is 5.32 Å². The van der Waals surface area contributed by atoms with E-state index in [1.165, 1.54) is 0 Å². The third-order valence-electron chi connectivity index (χ3n) is 5.05. The van der Waals surface area contributed by atoms with Gasteiger partial charge in [-0.25, -0.2) is 0 Å². The predicted molar refractivity (Wildman–Crippen MR) is 125 cm³/mol. The zero-order valence-electron chi connectivity index (χ0n) is 19.6. The van der Waals surface area contributed by atoms with Gasteiger partial charge in [-0.3, -0.25) is 19.2 Å². The van der Waals surface area contributed by atoms with Gasteiger partial charge in [0.25, 0.3) is 11.5 Å². The van der Waals surface area contributed by atoms with E-state index in [0.29, 0.717) is 24.9 Å². The van der Waals surface area contributed by atoms with Crippen molar-refractivity contribution in [3.8, 4) is 0 Å². The molecule has 174 valence electrons. The molecule has 7 heteroatoms. The highest BCUT2D eigenvalue weighted by molar-refractivity contribution is 5.91. The van der Waals surface area contributed by atoms with Crippen molar-refractivity contribution in [2.75, 3.05) is 0 Å². The van der Waals surface area contributed by atoms with Gasteiger partial charge in [0.05, 0.1) is 18.5 Å². The van der Waals surface area contributed by atoms with Crippen molar-refractivity contribution in [3.05, 3.63) is 69.6 Å². The number of ketones is 1. The number of nitrogens with one attached hydrogen (secondary N) is 1. The number of rotatable bonds is 9. The first kappa shape index (κ1) is 26.8. The first-order valence-corrected chi connectivity index (χ1v) is 10.9. The topological polar surface area (TPSA) is 105 Å².